The van der Waals surface area contributed by atoms with E-state index in [9.17, 15) is 0 Å². The molecule has 3 aliphatic rings. The lowest BCUT2D eigenvalue weighted by molar-refractivity contribution is 0.0515. The Morgan fingerprint density at radius 2 is 1.55 bits per heavy atom. The van der Waals surface area contributed by atoms with Gasteiger partial charge in [-0.2, -0.15) is 9.97 Å². The molecule has 8 nitrogen and oxygen atoms in total. The van der Waals surface area contributed by atoms with Crippen LogP contribution in [-0.4, -0.2) is 74.1 Å². The van der Waals surface area contributed by atoms with Crippen molar-refractivity contribution in [3.8, 4) is 0 Å². The van der Waals surface area contributed by atoms with E-state index in [1.807, 2.05) is 12.1 Å². The number of para-hydroxylation sites is 1. The average Bonchev–Trinajstić information content (AvgIpc) is 3.04. The third-order valence-corrected chi connectivity index (χ3v) is 9.80. The summed E-state index contributed by atoms with van der Waals surface area (Å²) in [6.07, 6.45) is 3.05. The van der Waals surface area contributed by atoms with E-state index in [1.54, 1.807) is 0 Å². The zero-order valence-electron chi connectivity index (χ0n) is 25.8. The number of anilines is 4. The maximum atomic E-state index is 6.39. The highest BCUT2D eigenvalue weighted by Crippen LogP contribution is 2.35. The number of piperazine rings is 1. The molecule has 0 radical (unpaired) electrons. The number of rotatable bonds is 7. The standard InChI is InChI=1S/C34H44ClN7OS/c1-25-19-26(2)23-42(22-25)31-21-30(41-15-13-40(14-16-41)29-9-4-3-5-10-29)37-32(38-31)39-33(44)36-24-34(11-17-43-18-12-34)27-7-6-8-28(35)20-27/h3-10,20-21,25-26H,11-19,22-24H2,1-2H3,(H2,36,37,38,39,44)/t25-,26-/m1/s1. The molecule has 0 bridgehead atoms. The first-order chi connectivity index (χ1) is 21.4. The Bertz CT molecular complexity index is 1400. The maximum absolute atomic E-state index is 6.39. The minimum absolute atomic E-state index is 0.110. The molecule has 4 heterocycles. The van der Waals surface area contributed by atoms with Gasteiger partial charge >= 0.3 is 0 Å². The van der Waals surface area contributed by atoms with Crippen LogP contribution < -0.4 is 25.3 Å². The van der Waals surface area contributed by atoms with Crippen molar-refractivity contribution in [1.82, 2.24) is 15.3 Å². The first-order valence-electron chi connectivity index (χ1n) is 15.9. The number of hydrogen-bond acceptors (Lipinski definition) is 7. The van der Waals surface area contributed by atoms with Crippen LogP contribution in [0.3, 0.4) is 0 Å². The largest absolute Gasteiger partial charge is 0.381 e. The van der Waals surface area contributed by atoms with Gasteiger partial charge in [-0.25, -0.2) is 0 Å². The molecule has 3 saturated heterocycles. The van der Waals surface area contributed by atoms with Crippen molar-refractivity contribution in [3.63, 3.8) is 0 Å². The fourth-order valence-electron chi connectivity index (χ4n) is 7.03. The van der Waals surface area contributed by atoms with E-state index in [1.165, 1.54) is 17.7 Å². The summed E-state index contributed by atoms with van der Waals surface area (Å²) in [4.78, 5) is 17.2. The summed E-state index contributed by atoms with van der Waals surface area (Å²) in [7, 11) is 0. The number of ether oxygens (including phenoxy) is 1. The summed E-state index contributed by atoms with van der Waals surface area (Å²) in [5, 5.41) is 8.13. The highest BCUT2D eigenvalue weighted by Gasteiger charge is 2.35. The van der Waals surface area contributed by atoms with Crippen molar-refractivity contribution >= 4 is 52.2 Å². The summed E-state index contributed by atoms with van der Waals surface area (Å²) in [6, 6.07) is 21.0. The molecule has 6 rings (SSSR count). The summed E-state index contributed by atoms with van der Waals surface area (Å²) in [5.41, 5.74) is 2.37. The maximum Gasteiger partial charge on any atom is 0.232 e. The average molecular weight is 634 g/mol. The fraction of sp³-hybridized carbons (Fsp3) is 0.500. The lowest BCUT2D eigenvalue weighted by Crippen LogP contribution is -2.47. The van der Waals surface area contributed by atoms with Gasteiger partial charge in [-0.1, -0.05) is 55.8 Å². The highest BCUT2D eigenvalue weighted by molar-refractivity contribution is 7.80. The predicted octanol–water partition coefficient (Wildman–Crippen LogP) is 5.97. The third kappa shape index (κ3) is 7.38. The van der Waals surface area contributed by atoms with Gasteiger partial charge in [0.05, 0.1) is 0 Å². The van der Waals surface area contributed by atoms with Crippen LogP contribution in [0.25, 0.3) is 0 Å². The van der Waals surface area contributed by atoms with E-state index in [2.05, 4.69) is 87.7 Å². The number of thiocarbonyl (C=S) groups is 1. The van der Waals surface area contributed by atoms with Crippen LogP contribution in [-0.2, 0) is 10.2 Å². The Balaban J connectivity index is 1.19. The molecule has 44 heavy (non-hydrogen) atoms. The quantitative estimate of drug-likeness (QED) is 0.306. The minimum Gasteiger partial charge on any atom is -0.381 e. The lowest BCUT2D eigenvalue weighted by Gasteiger charge is -2.39. The Labute approximate surface area is 272 Å². The van der Waals surface area contributed by atoms with Crippen molar-refractivity contribution < 1.29 is 4.74 Å². The Morgan fingerprint density at radius 1 is 0.886 bits per heavy atom. The molecule has 0 aliphatic carbocycles. The number of piperidine rings is 1. The van der Waals surface area contributed by atoms with E-state index in [-0.39, 0.29) is 5.41 Å². The first kappa shape index (κ1) is 30.9. The molecule has 0 amide bonds. The van der Waals surface area contributed by atoms with Crippen LogP contribution in [0.15, 0.2) is 60.7 Å². The van der Waals surface area contributed by atoms with Crippen LogP contribution in [0.4, 0.5) is 23.3 Å². The van der Waals surface area contributed by atoms with E-state index in [0.717, 1.165) is 68.8 Å². The molecule has 2 N–H and O–H groups in total. The smallest absolute Gasteiger partial charge is 0.232 e. The van der Waals surface area contributed by atoms with Gasteiger partial charge in [0.25, 0.3) is 0 Å². The minimum atomic E-state index is -0.110. The van der Waals surface area contributed by atoms with E-state index in [0.29, 0.717) is 42.7 Å². The Hall–Kier alpha value is -3.14. The van der Waals surface area contributed by atoms with Crippen molar-refractivity contribution in [1.29, 1.82) is 0 Å². The van der Waals surface area contributed by atoms with Gasteiger partial charge in [-0.15, -0.1) is 0 Å². The topological polar surface area (TPSA) is 68.8 Å². The van der Waals surface area contributed by atoms with Crippen molar-refractivity contribution in [2.75, 3.05) is 79.0 Å². The van der Waals surface area contributed by atoms with Crippen LogP contribution in [0.2, 0.25) is 5.02 Å². The zero-order chi connectivity index (χ0) is 30.5. The molecular formula is C34H44ClN7OS. The zero-order valence-corrected chi connectivity index (χ0v) is 27.4. The molecule has 234 valence electrons. The molecule has 3 fully saturated rings. The number of aromatic nitrogens is 2. The molecular weight excluding hydrogens is 590 g/mol. The van der Waals surface area contributed by atoms with Crippen LogP contribution in [0.5, 0.6) is 0 Å². The third-order valence-electron chi connectivity index (χ3n) is 9.32. The molecule has 10 heteroatoms. The Kier molecular flexibility index (Phi) is 9.74. The second-order valence-corrected chi connectivity index (χ2v) is 13.6. The summed E-state index contributed by atoms with van der Waals surface area (Å²) in [6.45, 7) is 12.4. The first-order valence-corrected chi connectivity index (χ1v) is 16.7. The molecule has 2 aromatic carbocycles. The van der Waals surface area contributed by atoms with Gasteiger partial charge < -0.3 is 30.1 Å². The second kappa shape index (κ2) is 13.9. The van der Waals surface area contributed by atoms with Crippen molar-refractivity contribution in [2.45, 2.75) is 38.5 Å². The van der Waals surface area contributed by atoms with Crippen LogP contribution in [0.1, 0.15) is 38.7 Å². The highest BCUT2D eigenvalue weighted by atomic mass is 35.5. The Morgan fingerprint density at radius 3 is 2.23 bits per heavy atom. The molecule has 0 unspecified atom stereocenters. The SMILES string of the molecule is C[C@@H]1C[C@@H](C)CN(c2cc(N3CCN(c4ccccc4)CC3)nc(NC(=S)NCC3(c4cccc(Cl)c4)CCOCC3)n2)C1. The lowest BCUT2D eigenvalue weighted by atomic mass is 9.74. The van der Waals surface area contributed by atoms with E-state index >= 15 is 0 Å². The number of nitrogens with zero attached hydrogens (tertiary/aromatic N) is 5. The number of hydrogen-bond donors (Lipinski definition) is 2. The van der Waals surface area contributed by atoms with Gasteiger partial charge in [0.2, 0.25) is 5.95 Å². The van der Waals surface area contributed by atoms with Gasteiger partial charge in [0.15, 0.2) is 5.11 Å². The van der Waals surface area contributed by atoms with Gasteiger partial charge in [-0.3, -0.25) is 0 Å². The van der Waals surface area contributed by atoms with Crippen LogP contribution in [0, 0.1) is 11.8 Å². The summed E-state index contributed by atoms with van der Waals surface area (Å²) >= 11 is 12.2. The molecule has 0 spiro atoms. The van der Waals surface area contributed by atoms with Gasteiger partial charge in [0, 0.05) is 81.2 Å². The molecule has 2 atom stereocenters. The van der Waals surface area contributed by atoms with E-state index in [4.69, 9.17) is 38.5 Å². The summed E-state index contributed by atoms with van der Waals surface area (Å²) < 4.78 is 5.73. The van der Waals surface area contributed by atoms with Crippen molar-refractivity contribution in [3.05, 3.63) is 71.2 Å². The van der Waals surface area contributed by atoms with E-state index < -0.39 is 0 Å². The van der Waals surface area contributed by atoms with Gasteiger partial charge in [0.1, 0.15) is 11.6 Å². The number of nitrogens with one attached hydrogen (secondary N) is 2. The number of halogens is 1. The molecule has 3 aromatic rings. The monoisotopic (exact) mass is 633 g/mol. The predicted molar refractivity (Wildman–Crippen MR) is 185 cm³/mol. The molecule has 0 saturated carbocycles. The normalized spacial score (nSPS) is 22.0. The summed E-state index contributed by atoms with van der Waals surface area (Å²) in [5.74, 6) is 3.68. The number of benzene rings is 2. The van der Waals surface area contributed by atoms with Gasteiger partial charge in [-0.05, 0) is 73.1 Å². The molecule has 1 aromatic heterocycles. The van der Waals surface area contributed by atoms with Crippen molar-refractivity contribution in [2.24, 2.45) is 11.8 Å². The fourth-order valence-corrected chi connectivity index (χ4v) is 7.38. The van der Waals surface area contributed by atoms with Crippen LogP contribution >= 0.6 is 23.8 Å². The molecule has 3 aliphatic heterocycles. The second-order valence-electron chi connectivity index (χ2n) is 12.8.